The van der Waals surface area contributed by atoms with Crippen molar-refractivity contribution in [2.45, 2.75) is 45.8 Å². The van der Waals surface area contributed by atoms with Crippen LogP contribution >= 0.6 is 0 Å². The lowest BCUT2D eigenvalue weighted by molar-refractivity contribution is -0.140. The fourth-order valence-electron chi connectivity index (χ4n) is 1.87. The highest BCUT2D eigenvalue weighted by atomic mass is 16.5. The Morgan fingerprint density at radius 2 is 1.79 bits per heavy atom. The van der Waals surface area contributed by atoms with Gasteiger partial charge in [-0.15, -0.1) is 0 Å². The maximum Gasteiger partial charge on any atom is 0.251 e. The first-order chi connectivity index (χ1) is 8.75. The van der Waals surface area contributed by atoms with Gasteiger partial charge in [-0.05, 0) is 23.5 Å². The molecule has 0 saturated carbocycles. The molecule has 3 nitrogen and oxygen atoms in total. The van der Waals surface area contributed by atoms with Crippen molar-refractivity contribution in [3.8, 4) is 0 Å². The van der Waals surface area contributed by atoms with Crippen LogP contribution in [0.5, 0.6) is 0 Å². The molecule has 0 aliphatic rings. The van der Waals surface area contributed by atoms with Gasteiger partial charge in [0.2, 0.25) is 0 Å². The highest BCUT2D eigenvalue weighted by Crippen LogP contribution is 2.22. The van der Waals surface area contributed by atoms with E-state index in [2.05, 4.69) is 45.0 Å². The Bertz CT molecular complexity index is 417. The first-order valence-corrected chi connectivity index (χ1v) is 6.63. The van der Waals surface area contributed by atoms with E-state index in [9.17, 15) is 4.79 Å². The standard InChI is InChI=1S/C16H25NO2/c1-12(19-6)15(18)17(5)11-13-7-9-14(10-8-13)16(2,3)4/h7-10,12H,11H2,1-6H3. The molecule has 0 aliphatic heterocycles. The van der Waals surface area contributed by atoms with Crippen molar-refractivity contribution < 1.29 is 9.53 Å². The molecule has 0 aliphatic carbocycles. The third kappa shape index (κ3) is 4.35. The first-order valence-electron chi connectivity index (χ1n) is 6.63. The third-order valence-electron chi connectivity index (χ3n) is 3.32. The summed E-state index contributed by atoms with van der Waals surface area (Å²) < 4.78 is 5.04. The summed E-state index contributed by atoms with van der Waals surface area (Å²) >= 11 is 0. The fraction of sp³-hybridized carbons (Fsp3) is 0.562. The highest BCUT2D eigenvalue weighted by Gasteiger charge is 2.17. The predicted molar refractivity (Wildman–Crippen MR) is 78.1 cm³/mol. The van der Waals surface area contributed by atoms with E-state index in [1.165, 1.54) is 5.56 Å². The zero-order chi connectivity index (χ0) is 14.6. The van der Waals surface area contributed by atoms with E-state index in [-0.39, 0.29) is 17.4 Å². The topological polar surface area (TPSA) is 29.5 Å². The molecule has 0 spiro atoms. The number of amides is 1. The number of carbonyl (C=O) groups excluding carboxylic acids is 1. The van der Waals surface area contributed by atoms with Gasteiger partial charge in [0.1, 0.15) is 6.10 Å². The lowest BCUT2D eigenvalue weighted by Gasteiger charge is -2.22. The molecule has 1 rings (SSSR count). The molecule has 0 heterocycles. The fourth-order valence-corrected chi connectivity index (χ4v) is 1.87. The molecule has 0 N–H and O–H groups in total. The molecule has 0 aromatic heterocycles. The Hall–Kier alpha value is -1.35. The number of rotatable bonds is 4. The second-order valence-electron chi connectivity index (χ2n) is 6.02. The van der Waals surface area contributed by atoms with Gasteiger partial charge in [-0.1, -0.05) is 45.0 Å². The average molecular weight is 263 g/mol. The van der Waals surface area contributed by atoms with Gasteiger partial charge in [0.25, 0.3) is 5.91 Å². The van der Waals surface area contributed by atoms with Crippen LogP contribution in [-0.4, -0.2) is 31.1 Å². The first kappa shape index (κ1) is 15.7. The molecule has 1 aromatic carbocycles. The lowest BCUT2D eigenvalue weighted by atomic mass is 9.87. The molecule has 0 fully saturated rings. The molecule has 1 aromatic rings. The number of carbonyl (C=O) groups is 1. The number of benzene rings is 1. The van der Waals surface area contributed by atoms with Crippen LogP contribution in [0.2, 0.25) is 0 Å². The minimum Gasteiger partial charge on any atom is -0.372 e. The Labute approximate surface area is 116 Å². The number of hydrogen-bond acceptors (Lipinski definition) is 2. The van der Waals surface area contributed by atoms with Crippen LogP contribution in [0.1, 0.15) is 38.8 Å². The maximum absolute atomic E-state index is 11.9. The minimum absolute atomic E-state index is 0.00222. The van der Waals surface area contributed by atoms with E-state index in [0.717, 1.165) is 5.56 Å². The van der Waals surface area contributed by atoms with Gasteiger partial charge < -0.3 is 9.64 Å². The van der Waals surface area contributed by atoms with Crippen molar-refractivity contribution in [3.05, 3.63) is 35.4 Å². The Morgan fingerprint density at radius 3 is 2.21 bits per heavy atom. The molecule has 0 saturated heterocycles. The van der Waals surface area contributed by atoms with Gasteiger partial charge in [0.05, 0.1) is 0 Å². The molecule has 3 heteroatoms. The highest BCUT2D eigenvalue weighted by molar-refractivity contribution is 5.80. The number of hydrogen-bond donors (Lipinski definition) is 0. The normalized spacial score (nSPS) is 13.2. The maximum atomic E-state index is 11.9. The SMILES string of the molecule is COC(C)C(=O)N(C)Cc1ccc(C(C)(C)C)cc1. The second-order valence-corrected chi connectivity index (χ2v) is 6.02. The Balaban J connectivity index is 2.71. The van der Waals surface area contributed by atoms with Crippen LogP contribution in [0.15, 0.2) is 24.3 Å². The average Bonchev–Trinajstić information content (AvgIpc) is 2.36. The summed E-state index contributed by atoms with van der Waals surface area (Å²) in [6.07, 6.45) is -0.390. The van der Waals surface area contributed by atoms with Gasteiger partial charge in [-0.3, -0.25) is 4.79 Å². The van der Waals surface area contributed by atoms with Crippen molar-refractivity contribution in [2.24, 2.45) is 0 Å². The van der Waals surface area contributed by atoms with Crippen molar-refractivity contribution in [1.29, 1.82) is 0 Å². The summed E-state index contributed by atoms with van der Waals surface area (Å²) in [4.78, 5) is 13.6. The Morgan fingerprint density at radius 1 is 1.26 bits per heavy atom. The smallest absolute Gasteiger partial charge is 0.251 e. The summed E-state index contributed by atoms with van der Waals surface area (Å²) in [6.45, 7) is 8.95. The van der Waals surface area contributed by atoms with Crippen LogP contribution in [0, 0.1) is 0 Å². The van der Waals surface area contributed by atoms with Crippen molar-refractivity contribution in [2.75, 3.05) is 14.2 Å². The van der Waals surface area contributed by atoms with Crippen molar-refractivity contribution in [3.63, 3.8) is 0 Å². The van der Waals surface area contributed by atoms with Crippen LogP contribution in [0.3, 0.4) is 0 Å². The number of ether oxygens (including phenoxy) is 1. The zero-order valence-corrected chi connectivity index (χ0v) is 12.9. The lowest BCUT2D eigenvalue weighted by Crippen LogP contribution is -2.35. The molecule has 1 unspecified atom stereocenters. The van der Waals surface area contributed by atoms with Crippen molar-refractivity contribution in [1.82, 2.24) is 4.90 Å². The van der Waals surface area contributed by atoms with Crippen LogP contribution in [0.25, 0.3) is 0 Å². The predicted octanol–water partition coefficient (Wildman–Crippen LogP) is 2.98. The van der Waals surface area contributed by atoms with E-state index in [0.29, 0.717) is 6.54 Å². The van der Waals surface area contributed by atoms with E-state index >= 15 is 0 Å². The zero-order valence-electron chi connectivity index (χ0n) is 12.9. The van der Waals surface area contributed by atoms with E-state index in [4.69, 9.17) is 4.74 Å². The molecule has 106 valence electrons. The summed E-state index contributed by atoms with van der Waals surface area (Å²) in [7, 11) is 3.35. The number of methoxy groups -OCH3 is 1. The van der Waals surface area contributed by atoms with Gasteiger partial charge in [-0.2, -0.15) is 0 Å². The molecule has 1 atom stereocenters. The van der Waals surface area contributed by atoms with Gasteiger partial charge in [0, 0.05) is 20.7 Å². The summed E-state index contributed by atoms with van der Waals surface area (Å²) in [5, 5.41) is 0. The van der Waals surface area contributed by atoms with E-state index in [1.807, 2.05) is 0 Å². The summed E-state index contributed by atoms with van der Waals surface area (Å²) in [5.41, 5.74) is 2.59. The van der Waals surface area contributed by atoms with Crippen LogP contribution in [-0.2, 0) is 21.5 Å². The summed E-state index contributed by atoms with van der Waals surface area (Å²) in [5.74, 6) is 0.00222. The van der Waals surface area contributed by atoms with E-state index in [1.54, 1.807) is 26.0 Å². The van der Waals surface area contributed by atoms with E-state index < -0.39 is 0 Å². The second kappa shape index (κ2) is 6.20. The van der Waals surface area contributed by atoms with Crippen LogP contribution in [0.4, 0.5) is 0 Å². The Kier molecular flexibility index (Phi) is 5.12. The number of likely N-dealkylation sites (N-methyl/N-ethyl adjacent to an activating group) is 1. The molecule has 1 amide bonds. The van der Waals surface area contributed by atoms with Gasteiger partial charge in [0.15, 0.2) is 0 Å². The largest absolute Gasteiger partial charge is 0.372 e. The molecule has 0 bridgehead atoms. The monoisotopic (exact) mass is 263 g/mol. The molecular weight excluding hydrogens is 238 g/mol. The molecular formula is C16H25NO2. The summed E-state index contributed by atoms with van der Waals surface area (Å²) in [6, 6.07) is 8.43. The molecule has 0 radical (unpaired) electrons. The van der Waals surface area contributed by atoms with Gasteiger partial charge in [-0.25, -0.2) is 0 Å². The quantitative estimate of drug-likeness (QED) is 0.836. The van der Waals surface area contributed by atoms with Crippen molar-refractivity contribution >= 4 is 5.91 Å². The van der Waals surface area contributed by atoms with Gasteiger partial charge >= 0.3 is 0 Å². The molecule has 19 heavy (non-hydrogen) atoms. The van der Waals surface area contributed by atoms with Crippen LogP contribution < -0.4 is 0 Å². The number of nitrogens with zero attached hydrogens (tertiary/aromatic N) is 1. The minimum atomic E-state index is -0.390. The third-order valence-corrected chi connectivity index (χ3v) is 3.32.